The Kier molecular flexibility index (Phi) is 6.13. The van der Waals surface area contributed by atoms with Gasteiger partial charge >= 0.3 is 0 Å². The first-order valence-electron chi connectivity index (χ1n) is 6.78. The summed E-state index contributed by atoms with van der Waals surface area (Å²) in [6, 6.07) is 8.93. The van der Waals surface area contributed by atoms with Crippen molar-refractivity contribution in [3.05, 3.63) is 46.7 Å². The van der Waals surface area contributed by atoms with Gasteiger partial charge in [-0.2, -0.15) is 5.10 Å². The van der Waals surface area contributed by atoms with E-state index in [0.29, 0.717) is 6.04 Å². The number of hydrogen-bond acceptors (Lipinski definition) is 3. The van der Waals surface area contributed by atoms with Crippen LogP contribution in [0.1, 0.15) is 12.5 Å². The SMILES string of the molecule is CCn1cc(CC(CSc2ccc(Br)cc2)NC)cn1. The van der Waals surface area contributed by atoms with E-state index in [1.807, 2.05) is 29.7 Å². The lowest BCUT2D eigenvalue weighted by Gasteiger charge is -2.14. The van der Waals surface area contributed by atoms with Crippen LogP contribution >= 0.6 is 27.7 Å². The summed E-state index contributed by atoms with van der Waals surface area (Å²) in [7, 11) is 2.02. The number of thioether (sulfide) groups is 1. The van der Waals surface area contributed by atoms with E-state index in [2.05, 4.69) is 63.7 Å². The van der Waals surface area contributed by atoms with Crippen molar-refractivity contribution in [2.45, 2.75) is 30.8 Å². The van der Waals surface area contributed by atoms with Crippen molar-refractivity contribution in [3.8, 4) is 0 Å². The predicted molar refractivity (Wildman–Crippen MR) is 89.3 cm³/mol. The van der Waals surface area contributed by atoms with Gasteiger partial charge in [0.2, 0.25) is 0 Å². The van der Waals surface area contributed by atoms with Crippen molar-refractivity contribution in [1.29, 1.82) is 0 Å². The maximum atomic E-state index is 4.33. The van der Waals surface area contributed by atoms with Crippen LogP contribution in [0.5, 0.6) is 0 Å². The molecule has 0 radical (unpaired) electrons. The van der Waals surface area contributed by atoms with E-state index in [0.717, 1.165) is 23.2 Å². The van der Waals surface area contributed by atoms with E-state index in [9.17, 15) is 0 Å². The highest BCUT2D eigenvalue weighted by atomic mass is 79.9. The second kappa shape index (κ2) is 7.86. The number of likely N-dealkylation sites (N-methyl/N-ethyl adjacent to an activating group) is 1. The van der Waals surface area contributed by atoms with Gasteiger partial charge < -0.3 is 5.32 Å². The summed E-state index contributed by atoms with van der Waals surface area (Å²) in [6.07, 6.45) is 5.12. The van der Waals surface area contributed by atoms with E-state index in [1.54, 1.807) is 0 Å². The average molecular weight is 354 g/mol. The Balaban J connectivity index is 1.87. The molecule has 1 atom stereocenters. The molecule has 3 nitrogen and oxygen atoms in total. The fraction of sp³-hybridized carbons (Fsp3) is 0.400. The lowest BCUT2D eigenvalue weighted by Crippen LogP contribution is -2.29. The molecular formula is C15H20BrN3S. The highest BCUT2D eigenvalue weighted by Gasteiger charge is 2.09. The lowest BCUT2D eigenvalue weighted by molar-refractivity contribution is 0.615. The van der Waals surface area contributed by atoms with Gasteiger partial charge in [-0.15, -0.1) is 11.8 Å². The molecule has 108 valence electrons. The molecule has 1 N–H and O–H groups in total. The highest BCUT2D eigenvalue weighted by Crippen LogP contribution is 2.22. The normalized spacial score (nSPS) is 12.6. The maximum Gasteiger partial charge on any atom is 0.0522 e. The van der Waals surface area contributed by atoms with Crippen LogP contribution in [-0.4, -0.2) is 28.6 Å². The third kappa shape index (κ3) is 4.65. The van der Waals surface area contributed by atoms with E-state index < -0.39 is 0 Å². The van der Waals surface area contributed by atoms with Crippen LogP contribution in [0.3, 0.4) is 0 Å². The molecule has 0 fully saturated rings. The zero-order valence-electron chi connectivity index (χ0n) is 11.8. The molecule has 2 rings (SSSR count). The Morgan fingerprint density at radius 3 is 2.70 bits per heavy atom. The summed E-state index contributed by atoms with van der Waals surface area (Å²) in [5.74, 6) is 1.05. The number of nitrogens with one attached hydrogen (secondary N) is 1. The number of aromatic nitrogens is 2. The molecule has 0 aliphatic rings. The quantitative estimate of drug-likeness (QED) is 0.771. The van der Waals surface area contributed by atoms with Gasteiger partial charge in [-0.1, -0.05) is 15.9 Å². The van der Waals surface area contributed by atoms with Crippen molar-refractivity contribution < 1.29 is 0 Å². The van der Waals surface area contributed by atoms with Gasteiger partial charge in [-0.05, 0) is 50.2 Å². The van der Waals surface area contributed by atoms with Gasteiger partial charge in [0, 0.05) is 33.9 Å². The van der Waals surface area contributed by atoms with E-state index in [1.165, 1.54) is 10.5 Å². The molecule has 0 bridgehead atoms. The minimum atomic E-state index is 0.457. The van der Waals surface area contributed by atoms with Crippen molar-refractivity contribution in [2.24, 2.45) is 0 Å². The standard InChI is InChI=1S/C15H20BrN3S/c1-3-19-10-12(9-18-19)8-14(17-2)11-20-15-6-4-13(16)5-7-15/h4-7,9-10,14,17H,3,8,11H2,1-2H3. The summed E-state index contributed by atoms with van der Waals surface area (Å²) in [5, 5.41) is 7.72. The summed E-state index contributed by atoms with van der Waals surface area (Å²) >= 11 is 5.34. The van der Waals surface area contributed by atoms with Gasteiger partial charge in [0.05, 0.1) is 6.20 Å². The lowest BCUT2D eigenvalue weighted by atomic mass is 10.1. The van der Waals surface area contributed by atoms with E-state index in [4.69, 9.17) is 0 Å². The maximum absolute atomic E-state index is 4.33. The second-order valence-corrected chi connectivity index (χ2v) is 6.67. The van der Waals surface area contributed by atoms with Crippen molar-refractivity contribution >= 4 is 27.7 Å². The number of rotatable bonds is 7. The Morgan fingerprint density at radius 1 is 1.35 bits per heavy atom. The molecule has 0 aliphatic heterocycles. The van der Waals surface area contributed by atoms with Crippen molar-refractivity contribution in [3.63, 3.8) is 0 Å². The molecule has 0 saturated carbocycles. The molecule has 0 saturated heterocycles. The topological polar surface area (TPSA) is 29.9 Å². The molecule has 1 unspecified atom stereocenters. The Morgan fingerprint density at radius 2 is 2.10 bits per heavy atom. The fourth-order valence-corrected chi connectivity index (χ4v) is 3.21. The first kappa shape index (κ1) is 15.6. The summed E-state index contributed by atoms with van der Waals surface area (Å²) in [4.78, 5) is 1.30. The molecule has 1 heterocycles. The van der Waals surface area contributed by atoms with Crippen LogP contribution < -0.4 is 5.32 Å². The first-order valence-corrected chi connectivity index (χ1v) is 8.56. The summed E-state index contributed by atoms with van der Waals surface area (Å²) in [5.41, 5.74) is 1.29. The Labute approximate surface area is 133 Å². The molecular weight excluding hydrogens is 334 g/mol. The van der Waals surface area contributed by atoms with Crippen LogP contribution in [0.2, 0.25) is 0 Å². The first-order chi connectivity index (χ1) is 9.71. The van der Waals surface area contributed by atoms with E-state index >= 15 is 0 Å². The summed E-state index contributed by atoms with van der Waals surface area (Å²) in [6.45, 7) is 3.04. The van der Waals surface area contributed by atoms with Gasteiger partial charge in [0.15, 0.2) is 0 Å². The van der Waals surface area contributed by atoms with Crippen LogP contribution in [0.15, 0.2) is 46.0 Å². The molecule has 20 heavy (non-hydrogen) atoms. The largest absolute Gasteiger partial charge is 0.316 e. The smallest absolute Gasteiger partial charge is 0.0522 e. The van der Waals surface area contributed by atoms with Gasteiger partial charge in [0.25, 0.3) is 0 Å². The van der Waals surface area contributed by atoms with Gasteiger partial charge in [0.1, 0.15) is 0 Å². The average Bonchev–Trinajstić information content (AvgIpc) is 2.93. The molecule has 0 amide bonds. The van der Waals surface area contributed by atoms with Crippen LogP contribution in [0.4, 0.5) is 0 Å². The zero-order valence-corrected chi connectivity index (χ0v) is 14.2. The monoisotopic (exact) mass is 353 g/mol. The zero-order chi connectivity index (χ0) is 14.4. The van der Waals surface area contributed by atoms with Crippen LogP contribution in [-0.2, 0) is 13.0 Å². The van der Waals surface area contributed by atoms with Gasteiger partial charge in [-0.3, -0.25) is 4.68 Å². The van der Waals surface area contributed by atoms with Gasteiger partial charge in [-0.25, -0.2) is 0 Å². The minimum Gasteiger partial charge on any atom is -0.316 e. The third-order valence-corrected chi connectivity index (χ3v) is 4.87. The van der Waals surface area contributed by atoms with Crippen molar-refractivity contribution in [2.75, 3.05) is 12.8 Å². The highest BCUT2D eigenvalue weighted by molar-refractivity contribution is 9.10. The molecule has 1 aromatic carbocycles. The summed E-state index contributed by atoms with van der Waals surface area (Å²) < 4.78 is 3.10. The number of halogens is 1. The number of hydrogen-bond donors (Lipinski definition) is 1. The van der Waals surface area contributed by atoms with Crippen LogP contribution in [0, 0.1) is 0 Å². The molecule has 5 heteroatoms. The third-order valence-electron chi connectivity index (χ3n) is 3.17. The van der Waals surface area contributed by atoms with Crippen LogP contribution in [0.25, 0.3) is 0 Å². The molecule has 0 spiro atoms. The number of aryl methyl sites for hydroxylation is 1. The Hall–Kier alpha value is -0.780. The van der Waals surface area contributed by atoms with E-state index in [-0.39, 0.29) is 0 Å². The number of benzene rings is 1. The number of nitrogens with zero attached hydrogens (tertiary/aromatic N) is 2. The van der Waals surface area contributed by atoms with Crippen molar-refractivity contribution in [1.82, 2.24) is 15.1 Å². The minimum absolute atomic E-state index is 0.457. The second-order valence-electron chi connectivity index (χ2n) is 4.66. The molecule has 2 aromatic rings. The predicted octanol–water partition coefficient (Wildman–Crippen LogP) is 3.59. The Bertz CT molecular complexity index is 524. The fourth-order valence-electron chi connectivity index (χ4n) is 1.94. The molecule has 0 aliphatic carbocycles. The molecule has 1 aromatic heterocycles.